The van der Waals surface area contributed by atoms with Crippen molar-refractivity contribution in [1.82, 2.24) is 15.5 Å². The third kappa shape index (κ3) is 4.97. The van der Waals surface area contributed by atoms with Crippen LogP contribution in [0.15, 0.2) is 48.7 Å². The molecule has 9 heteroatoms. The van der Waals surface area contributed by atoms with Gasteiger partial charge in [0, 0.05) is 17.1 Å². The first-order valence-corrected chi connectivity index (χ1v) is 9.41. The molecule has 0 aliphatic rings. The monoisotopic (exact) mass is 439 g/mol. The Labute approximate surface area is 176 Å². The van der Waals surface area contributed by atoms with Gasteiger partial charge in [0.05, 0.1) is 22.5 Å². The minimum absolute atomic E-state index is 0.0117. The Morgan fingerprint density at radius 2 is 1.93 bits per heavy atom. The van der Waals surface area contributed by atoms with Gasteiger partial charge >= 0.3 is 0 Å². The number of rotatable bonds is 7. The summed E-state index contributed by atoms with van der Waals surface area (Å²) in [6.45, 7) is -0.0714. The summed E-state index contributed by atoms with van der Waals surface area (Å²) in [6.07, 6.45) is 0.485. The fourth-order valence-electron chi connectivity index (χ4n) is 2.44. The van der Waals surface area contributed by atoms with Gasteiger partial charge in [0.2, 0.25) is 0 Å². The fourth-order valence-corrected chi connectivity index (χ4v) is 2.91. The van der Waals surface area contributed by atoms with Gasteiger partial charge in [0.1, 0.15) is 23.5 Å². The zero-order valence-corrected chi connectivity index (χ0v) is 16.7. The van der Waals surface area contributed by atoms with Crippen LogP contribution in [-0.4, -0.2) is 40.5 Å². The summed E-state index contributed by atoms with van der Waals surface area (Å²) in [5.41, 5.74) is 1.69. The van der Waals surface area contributed by atoms with Crippen LogP contribution in [0.25, 0.3) is 11.3 Å². The van der Waals surface area contributed by atoms with Crippen molar-refractivity contribution in [2.75, 3.05) is 13.2 Å². The number of aromatic amines is 1. The standard InChI is InChI=1S/C19H16Cl3N3O3/c20-12-6-4-11(5-7-12)18-14(9-24-25-18)19(27)23-8-13(26)10-28-16-3-1-2-15(21)17(16)22/h1-7,9,13,26H,8,10H2,(H,23,27)(H,24,25). The fraction of sp³-hybridized carbons (Fsp3) is 0.158. The number of ether oxygens (including phenoxy) is 1. The summed E-state index contributed by atoms with van der Waals surface area (Å²) in [6, 6.07) is 12.0. The summed E-state index contributed by atoms with van der Waals surface area (Å²) in [4.78, 5) is 12.5. The Balaban J connectivity index is 1.56. The lowest BCUT2D eigenvalue weighted by Crippen LogP contribution is -2.35. The molecule has 3 aromatic rings. The van der Waals surface area contributed by atoms with Gasteiger partial charge in [-0.3, -0.25) is 9.89 Å². The molecule has 0 saturated heterocycles. The SMILES string of the molecule is O=C(NCC(O)COc1cccc(Cl)c1Cl)c1cn[nH]c1-c1ccc(Cl)cc1. The van der Waals surface area contributed by atoms with E-state index >= 15 is 0 Å². The highest BCUT2D eigenvalue weighted by atomic mass is 35.5. The Hall–Kier alpha value is -2.25. The summed E-state index contributed by atoms with van der Waals surface area (Å²) >= 11 is 17.8. The van der Waals surface area contributed by atoms with Gasteiger partial charge in [-0.15, -0.1) is 0 Å². The lowest BCUT2D eigenvalue weighted by atomic mass is 10.1. The summed E-state index contributed by atoms with van der Waals surface area (Å²) < 4.78 is 5.46. The van der Waals surface area contributed by atoms with E-state index in [0.29, 0.717) is 27.1 Å². The molecule has 0 saturated carbocycles. The van der Waals surface area contributed by atoms with E-state index in [2.05, 4.69) is 15.5 Å². The molecule has 1 atom stereocenters. The average Bonchev–Trinajstić information content (AvgIpc) is 3.17. The second-order valence-electron chi connectivity index (χ2n) is 5.89. The minimum atomic E-state index is -0.940. The number of aliphatic hydroxyl groups is 1. The third-order valence-corrected chi connectivity index (χ3v) is 4.92. The van der Waals surface area contributed by atoms with Gasteiger partial charge in [-0.05, 0) is 24.3 Å². The summed E-state index contributed by atoms with van der Waals surface area (Å²) in [5.74, 6) is -0.0158. The maximum absolute atomic E-state index is 12.5. The van der Waals surface area contributed by atoms with E-state index in [-0.39, 0.29) is 24.1 Å². The second kappa shape index (κ2) is 9.30. The molecule has 3 N–H and O–H groups in total. The number of amides is 1. The molecule has 0 bridgehead atoms. The van der Waals surface area contributed by atoms with E-state index in [1.807, 2.05) is 0 Å². The Morgan fingerprint density at radius 1 is 1.18 bits per heavy atom. The number of H-pyrrole nitrogens is 1. The largest absolute Gasteiger partial charge is 0.489 e. The van der Waals surface area contributed by atoms with Gasteiger partial charge in [-0.25, -0.2) is 0 Å². The van der Waals surface area contributed by atoms with Crippen LogP contribution >= 0.6 is 34.8 Å². The predicted molar refractivity (Wildman–Crippen MR) is 109 cm³/mol. The Morgan fingerprint density at radius 3 is 2.68 bits per heavy atom. The first-order valence-electron chi connectivity index (χ1n) is 8.28. The first kappa shape index (κ1) is 20.5. The number of nitrogens with one attached hydrogen (secondary N) is 2. The third-order valence-electron chi connectivity index (χ3n) is 3.86. The van der Waals surface area contributed by atoms with Crippen molar-refractivity contribution in [3.05, 3.63) is 69.3 Å². The lowest BCUT2D eigenvalue weighted by molar-refractivity contribution is 0.0844. The first-order chi connectivity index (χ1) is 13.5. The van der Waals surface area contributed by atoms with Crippen molar-refractivity contribution in [1.29, 1.82) is 0 Å². The quantitative estimate of drug-likeness (QED) is 0.514. The zero-order chi connectivity index (χ0) is 20.1. The van der Waals surface area contributed by atoms with Crippen molar-refractivity contribution in [3.63, 3.8) is 0 Å². The molecule has 0 fully saturated rings. The predicted octanol–water partition coefficient (Wildman–Crippen LogP) is 4.21. The van der Waals surface area contributed by atoms with Gasteiger partial charge < -0.3 is 15.2 Å². The number of aromatic nitrogens is 2. The van der Waals surface area contributed by atoms with Crippen LogP contribution in [0.5, 0.6) is 5.75 Å². The average molecular weight is 441 g/mol. The van der Waals surface area contributed by atoms with E-state index in [1.54, 1.807) is 42.5 Å². The summed E-state index contributed by atoms with van der Waals surface area (Å²) in [5, 5.41) is 20.7. The molecule has 0 radical (unpaired) electrons. The van der Waals surface area contributed by atoms with Crippen molar-refractivity contribution >= 4 is 40.7 Å². The highest BCUT2D eigenvalue weighted by molar-refractivity contribution is 6.42. The topological polar surface area (TPSA) is 87.2 Å². The highest BCUT2D eigenvalue weighted by Crippen LogP contribution is 2.31. The molecular formula is C19H16Cl3N3O3. The molecule has 146 valence electrons. The van der Waals surface area contributed by atoms with Gasteiger partial charge in [-0.1, -0.05) is 53.0 Å². The number of hydrogen-bond acceptors (Lipinski definition) is 4. The molecule has 28 heavy (non-hydrogen) atoms. The van der Waals surface area contributed by atoms with Crippen molar-refractivity contribution in [3.8, 4) is 17.0 Å². The molecule has 2 aromatic carbocycles. The molecule has 1 heterocycles. The molecule has 3 rings (SSSR count). The molecule has 1 unspecified atom stereocenters. The second-order valence-corrected chi connectivity index (χ2v) is 7.11. The number of halogens is 3. The van der Waals surface area contributed by atoms with Crippen LogP contribution < -0.4 is 10.1 Å². The smallest absolute Gasteiger partial charge is 0.255 e. The van der Waals surface area contributed by atoms with E-state index in [0.717, 1.165) is 5.56 Å². The number of aliphatic hydroxyl groups excluding tert-OH is 1. The van der Waals surface area contributed by atoms with Crippen molar-refractivity contribution in [2.45, 2.75) is 6.10 Å². The number of carbonyl (C=O) groups is 1. The van der Waals surface area contributed by atoms with Crippen LogP contribution in [0, 0.1) is 0 Å². The normalized spacial score (nSPS) is 11.9. The van der Waals surface area contributed by atoms with Crippen LogP contribution in [0.1, 0.15) is 10.4 Å². The highest BCUT2D eigenvalue weighted by Gasteiger charge is 2.17. The Kier molecular flexibility index (Phi) is 6.80. The number of nitrogens with zero attached hydrogens (tertiary/aromatic N) is 1. The lowest BCUT2D eigenvalue weighted by Gasteiger charge is -2.14. The molecule has 0 aliphatic carbocycles. The van der Waals surface area contributed by atoms with Crippen molar-refractivity contribution in [2.24, 2.45) is 0 Å². The van der Waals surface area contributed by atoms with Gasteiger partial charge in [0.15, 0.2) is 0 Å². The maximum Gasteiger partial charge on any atom is 0.255 e. The van der Waals surface area contributed by atoms with Crippen LogP contribution in [0.3, 0.4) is 0 Å². The Bertz CT molecular complexity index is 961. The van der Waals surface area contributed by atoms with E-state index in [1.165, 1.54) is 6.20 Å². The van der Waals surface area contributed by atoms with Crippen molar-refractivity contribution < 1.29 is 14.6 Å². The molecule has 0 spiro atoms. The van der Waals surface area contributed by atoms with E-state index in [4.69, 9.17) is 39.5 Å². The van der Waals surface area contributed by atoms with E-state index < -0.39 is 6.10 Å². The molecule has 1 aromatic heterocycles. The molecule has 1 amide bonds. The number of hydrogen-bond donors (Lipinski definition) is 3. The van der Waals surface area contributed by atoms with E-state index in [9.17, 15) is 9.90 Å². The van der Waals surface area contributed by atoms with Gasteiger partial charge in [-0.2, -0.15) is 5.10 Å². The number of carbonyl (C=O) groups excluding carboxylic acids is 1. The molecule has 6 nitrogen and oxygen atoms in total. The van der Waals surface area contributed by atoms with Crippen LogP contribution in [-0.2, 0) is 0 Å². The minimum Gasteiger partial charge on any atom is -0.489 e. The van der Waals surface area contributed by atoms with Gasteiger partial charge in [0.25, 0.3) is 5.91 Å². The number of benzene rings is 2. The maximum atomic E-state index is 12.5. The van der Waals surface area contributed by atoms with Crippen LogP contribution in [0.4, 0.5) is 0 Å². The summed E-state index contributed by atoms with van der Waals surface area (Å²) in [7, 11) is 0. The molecule has 0 aliphatic heterocycles. The van der Waals surface area contributed by atoms with Crippen LogP contribution in [0.2, 0.25) is 15.1 Å². The molecular weight excluding hydrogens is 425 g/mol. The zero-order valence-electron chi connectivity index (χ0n) is 14.5.